The number of carbonyl (C=O) groups is 1. The monoisotopic (exact) mass is 521 g/mol. The summed E-state index contributed by atoms with van der Waals surface area (Å²) in [5, 5.41) is 7.57. The second kappa shape index (κ2) is 9.09. The molecule has 0 unspecified atom stereocenters. The maximum atomic E-state index is 12.8. The first-order valence-corrected chi connectivity index (χ1v) is 7.68. The minimum absolute atomic E-state index is 0.640. The van der Waals surface area contributed by atoms with Gasteiger partial charge in [-0.25, -0.2) is 4.79 Å². The summed E-state index contributed by atoms with van der Waals surface area (Å²) in [6, 6.07) is 9.99. The zero-order valence-electron chi connectivity index (χ0n) is 15.2. The predicted octanol–water partition coefficient (Wildman–Crippen LogP) is 5.59. The van der Waals surface area contributed by atoms with E-state index in [-0.39, 0.29) is 0 Å². The van der Waals surface area contributed by atoms with Crippen molar-refractivity contribution in [1.29, 1.82) is 0 Å². The summed E-state index contributed by atoms with van der Waals surface area (Å²) >= 11 is 0. The lowest BCUT2D eigenvalue weighted by Crippen LogP contribution is -2.73. The molecule has 0 aromatic heterocycles. The van der Waals surface area contributed by atoms with Crippen molar-refractivity contribution in [2.75, 3.05) is 0 Å². The van der Waals surface area contributed by atoms with Crippen molar-refractivity contribution in [3.05, 3.63) is 35.9 Å². The van der Waals surface area contributed by atoms with Gasteiger partial charge in [-0.1, -0.05) is 30.3 Å². The third-order valence-electron chi connectivity index (χ3n) is 3.67. The van der Waals surface area contributed by atoms with Crippen LogP contribution in [-0.2, 0) is 11.3 Å². The minimum Gasteiger partial charge on any atom is -0.477 e. The molecule has 0 radical (unpaired) electrons. The number of aliphatic carboxylic acids is 1. The molecule has 0 saturated carbocycles. The fourth-order valence-corrected chi connectivity index (χ4v) is 1.72. The molecule has 1 aromatic rings. The lowest BCUT2D eigenvalue weighted by molar-refractivity contribution is -0.450. The number of carboxylic acids is 1. The highest BCUT2D eigenvalue weighted by atomic mass is 19.4. The molecule has 3 N–H and O–H groups in total. The van der Waals surface area contributed by atoms with E-state index in [1.807, 2.05) is 30.3 Å². The van der Waals surface area contributed by atoms with E-state index in [1.165, 1.54) is 5.56 Å². The Bertz CT molecular complexity index is 805. The lowest BCUT2D eigenvalue weighted by atomic mass is 9.91. The Kier molecular flexibility index (Phi) is 8.43. The molecule has 0 amide bonds. The van der Waals surface area contributed by atoms with Crippen LogP contribution in [0.15, 0.2) is 30.3 Å². The van der Waals surface area contributed by atoms with E-state index in [4.69, 9.17) is 10.8 Å². The fraction of sp³-hybridized carbons (Fsp3) is 0.533. The molecule has 3 nitrogen and oxygen atoms in total. The van der Waals surface area contributed by atoms with Crippen LogP contribution in [0.5, 0.6) is 0 Å². The van der Waals surface area contributed by atoms with E-state index in [0.29, 0.717) is 6.54 Å². The first-order chi connectivity index (χ1) is 14.4. The number of alkyl halides is 15. The molecule has 192 valence electrons. The molecular formula is C15H10F15NO2. The SMILES string of the molecule is NCc1ccccc1.O=C(O)C(F)(F)C(F)(F)C(F)(F)C(F)(F)C(F)(F)C(F)(F)C(F)(F)F. The van der Waals surface area contributed by atoms with Gasteiger partial charge in [-0.2, -0.15) is 65.9 Å². The van der Waals surface area contributed by atoms with E-state index < -0.39 is 47.7 Å². The van der Waals surface area contributed by atoms with Crippen molar-refractivity contribution in [1.82, 2.24) is 0 Å². The number of hydrogen-bond donors (Lipinski definition) is 2. The van der Waals surface area contributed by atoms with Crippen LogP contribution in [-0.4, -0.2) is 52.8 Å². The Morgan fingerprint density at radius 2 is 0.970 bits per heavy atom. The van der Waals surface area contributed by atoms with Gasteiger partial charge in [0.1, 0.15) is 0 Å². The van der Waals surface area contributed by atoms with Gasteiger partial charge >= 0.3 is 47.7 Å². The first-order valence-electron chi connectivity index (χ1n) is 7.68. The third-order valence-corrected chi connectivity index (χ3v) is 3.67. The Hall–Kier alpha value is -2.40. The molecule has 0 saturated heterocycles. The van der Waals surface area contributed by atoms with E-state index in [0.717, 1.165) is 0 Å². The summed E-state index contributed by atoms with van der Waals surface area (Å²) in [6.45, 7) is 0.640. The van der Waals surface area contributed by atoms with Crippen LogP contribution in [0.25, 0.3) is 0 Å². The average Bonchev–Trinajstić information content (AvgIpc) is 2.67. The van der Waals surface area contributed by atoms with Crippen LogP contribution in [0.2, 0.25) is 0 Å². The van der Waals surface area contributed by atoms with Crippen LogP contribution >= 0.6 is 0 Å². The molecule has 0 aliphatic heterocycles. The summed E-state index contributed by atoms with van der Waals surface area (Å²) in [5.41, 5.74) is 6.54. The number of benzene rings is 1. The number of carboxylic acid groups (broad SMARTS) is 1. The minimum atomic E-state index is -8.47. The highest BCUT2D eigenvalue weighted by Gasteiger charge is 2.94. The maximum Gasteiger partial charge on any atom is 0.460 e. The van der Waals surface area contributed by atoms with E-state index >= 15 is 0 Å². The maximum absolute atomic E-state index is 12.8. The molecule has 0 spiro atoms. The van der Waals surface area contributed by atoms with Crippen molar-refractivity contribution in [3.8, 4) is 0 Å². The van der Waals surface area contributed by atoms with Gasteiger partial charge in [0.15, 0.2) is 0 Å². The van der Waals surface area contributed by atoms with Gasteiger partial charge in [0, 0.05) is 6.54 Å². The van der Waals surface area contributed by atoms with Gasteiger partial charge in [0.25, 0.3) is 0 Å². The van der Waals surface area contributed by atoms with E-state index in [1.54, 1.807) is 0 Å². The summed E-state index contributed by atoms with van der Waals surface area (Å²) < 4.78 is 187. The number of halogens is 15. The molecule has 33 heavy (non-hydrogen) atoms. The van der Waals surface area contributed by atoms with Gasteiger partial charge in [-0.05, 0) is 5.56 Å². The van der Waals surface area contributed by atoms with Crippen molar-refractivity contribution in [2.45, 2.75) is 48.3 Å². The third kappa shape index (κ3) is 4.93. The van der Waals surface area contributed by atoms with Crippen LogP contribution in [0, 0.1) is 0 Å². The number of nitrogens with two attached hydrogens (primary N) is 1. The molecule has 0 aliphatic rings. The number of rotatable bonds is 7. The molecule has 1 aromatic carbocycles. The van der Waals surface area contributed by atoms with E-state index in [9.17, 15) is 70.7 Å². The quantitative estimate of drug-likeness (QED) is 0.460. The highest BCUT2D eigenvalue weighted by Crippen LogP contribution is 2.62. The Morgan fingerprint density at radius 3 is 1.24 bits per heavy atom. The molecule has 0 bridgehead atoms. The molecule has 18 heteroatoms. The van der Waals surface area contributed by atoms with Crippen LogP contribution < -0.4 is 5.73 Å². The largest absolute Gasteiger partial charge is 0.477 e. The zero-order valence-corrected chi connectivity index (χ0v) is 15.2. The summed E-state index contributed by atoms with van der Waals surface area (Å²) in [4.78, 5) is 9.72. The highest BCUT2D eigenvalue weighted by molar-refractivity contribution is 5.77. The fourth-order valence-electron chi connectivity index (χ4n) is 1.72. The van der Waals surface area contributed by atoms with Gasteiger partial charge < -0.3 is 10.8 Å². The average molecular weight is 521 g/mol. The van der Waals surface area contributed by atoms with Gasteiger partial charge in [0.05, 0.1) is 0 Å². The second-order valence-corrected chi connectivity index (χ2v) is 5.94. The van der Waals surface area contributed by atoms with Crippen molar-refractivity contribution >= 4 is 5.97 Å². The Balaban J connectivity index is 0.00000106. The smallest absolute Gasteiger partial charge is 0.460 e. The molecule has 0 heterocycles. The van der Waals surface area contributed by atoms with Crippen molar-refractivity contribution in [2.24, 2.45) is 5.73 Å². The standard InChI is InChI=1S/C8HF15O2.C7H9N/c9-2(10,1(24)25)3(11,12)4(13,14)5(15,16)6(17,18)7(19,20)8(21,22)23;8-6-7-4-2-1-3-5-7/h(H,24,25);1-5H,6,8H2. The summed E-state index contributed by atoms with van der Waals surface area (Å²) in [5.74, 6) is -52.8. The zero-order chi connectivity index (χ0) is 26.9. The van der Waals surface area contributed by atoms with Gasteiger partial charge in [-0.3, -0.25) is 0 Å². The number of hydrogen-bond acceptors (Lipinski definition) is 2. The molecular weight excluding hydrogens is 511 g/mol. The molecule has 1 rings (SSSR count). The van der Waals surface area contributed by atoms with Gasteiger partial charge in [0.2, 0.25) is 0 Å². The predicted molar refractivity (Wildman–Crippen MR) is 77.7 cm³/mol. The second-order valence-electron chi connectivity index (χ2n) is 5.94. The van der Waals surface area contributed by atoms with E-state index in [2.05, 4.69) is 0 Å². The summed E-state index contributed by atoms with van der Waals surface area (Å²) in [7, 11) is 0. The Morgan fingerprint density at radius 1 is 0.636 bits per heavy atom. The Labute approximate surface area is 173 Å². The normalized spacial score (nSPS) is 14.4. The van der Waals surface area contributed by atoms with Crippen LogP contribution in [0.3, 0.4) is 0 Å². The van der Waals surface area contributed by atoms with Crippen LogP contribution in [0.1, 0.15) is 5.56 Å². The van der Waals surface area contributed by atoms with Gasteiger partial charge in [-0.15, -0.1) is 0 Å². The summed E-state index contributed by atoms with van der Waals surface area (Å²) in [6.07, 6.45) is -7.69. The molecule has 0 aliphatic carbocycles. The topological polar surface area (TPSA) is 63.3 Å². The first kappa shape index (κ1) is 30.6. The van der Waals surface area contributed by atoms with Crippen molar-refractivity contribution in [3.63, 3.8) is 0 Å². The van der Waals surface area contributed by atoms with Crippen molar-refractivity contribution < 1.29 is 75.8 Å². The van der Waals surface area contributed by atoms with Crippen LogP contribution in [0.4, 0.5) is 65.9 Å². The molecule has 0 fully saturated rings. The molecule has 0 atom stereocenters. The lowest BCUT2D eigenvalue weighted by Gasteiger charge is -2.40.